The second kappa shape index (κ2) is 5.75. The van der Waals surface area contributed by atoms with Gasteiger partial charge >= 0.3 is 0 Å². The molecule has 0 fully saturated rings. The van der Waals surface area contributed by atoms with Crippen LogP contribution in [0.5, 0.6) is 0 Å². The molecule has 2 aromatic heterocycles. The third kappa shape index (κ3) is 2.58. The number of nitrogens with zero attached hydrogens (tertiary/aromatic N) is 2. The van der Waals surface area contributed by atoms with E-state index in [9.17, 15) is 0 Å². The molecule has 1 radical (unpaired) electrons. The summed E-state index contributed by atoms with van der Waals surface area (Å²) < 4.78 is 0. The van der Waals surface area contributed by atoms with Crippen molar-refractivity contribution in [3.05, 3.63) is 66.5 Å². The van der Waals surface area contributed by atoms with Gasteiger partial charge in [-0.1, -0.05) is 30.4 Å². The van der Waals surface area contributed by atoms with E-state index < -0.39 is 0 Å². The summed E-state index contributed by atoms with van der Waals surface area (Å²) in [5.41, 5.74) is 4.15. The molecule has 0 saturated carbocycles. The summed E-state index contributed by atoms with van der Waals surface area (Å²) in [4.78, 5) is 8.97. The molecule has 91 valence electrons. The van der Waals surface area contributed by atoms with Gasteiger partial charge in [0, 0.05) is 23.0 Å². The Kier molecular flexibility index (Phi) is 4.07. The molecule has 1 aliphatic rings. The summed E-state index contributed by atoms with van der Waals surface area (Å²) in [6.45, 7) is 0. The Bertz CT molecular complexity index is 588. The summed E-state index contributed by atoms with van der Waals surface area (Å²) in [5, 5.41) is 0. The van der Waals surface area contributed by atoms with Gasteiger partial charge in [-0.25, -0.2) is 4.98 Å². The fraction of sp³-hybridized carbons (Fsp3) is 0.0667. The first kappa shape index (κ1) is 12.7. The van der Waals surface area contributed by atoms with Crippen molar-refractivity contribution < 1.29 is 16.8 Å². The van der Waals surface area contributed by atoms with E-state index in [4.69, 9.17) is 0 Å². The Morgan fingerprint density at radius 3 is 2.44 bits per heavy atom. The van der Waals surface area contributed by atoms with Crippen LogP contribution >= 0.6 is 0 Å². The maximum absolute atomic E-state index is 4.65. The molecule has 2 nitrogen and oxygen atoms in total. The van der Waals surface area contributed by atoms with Crippen LogP contribution in [-0.2, 0) is 16.8 Å². The van der Waals surface area contributed by atoms with E-state index >= 15 is 0 Å². The summed E-state index contributed by atoms with van der Waals surface area (Å²) in [6, 6.07) is 11.9. The Labute approximate surface area is 117 Å². The topological polar surface area (TPSA) is 25.8 Å². The van der Waals surface area contributed by atoms with Crippen molar-refractivity contribution in [2.75, 3.05) is 0 Å². The van der Waals surface area contributed by atoms with Crippen LogP contribution in [0.3, 0.4) is 0 Å². The van der Waals surface area contributed by atoms with Gasteiger partial charge in [0.15, 0.2) is 0 Å². The molecule has 18 heavy (non-hydrogen) atoms. The normalized spacial score (nSPS) is 13.0. The third-order valence-electron chi connectivity index (χ3n) is 2.78. The predicted molar refractivity (Wildman–Crippen MR) is 69.2 cm³/mol. The molecule has 0 atom stereocenters. The van der Waals surface area contributed by atoms with E-state index in [0.29, 0.717) is 0 Å². The molecule has 3 rings (SSSR count). The van der Waals surface area contributed by atoms with Crippen LogP contribution in [0.25, 0.3) is 17.0 Å². The maximum atomic E-state index is 4.65. The van der Waals surface area contributed by atoms with Crippen molar-refractivity contribution in [3.63, 3.8) is 0 Å². The summed E-state index contributed by atoms with van der Waals surface area (Å²) in [6.07, 6.45) is 9.10. The number of hydrogen-bond acceptors (Lipinski definition) is 2. The monoisotopic (exact) mass is 279 g/mol. The fourth-order valence-electron chi connectivity index (χ4n) is 1.91. The van der Waals surface area contributed by atoms with Crippen LogP contribution in [0.2, 0.25) is 0 Å². The molecule has 0 bridgehead atoms. The van der Waals surface area contributed by atoms with E-state index in [1.165, 1.54) is 5.57 Å². The molecular weight excluding hydrogens is 267 g/mol. The molecule has 0 unspecified atom stereocenters. The van der Waals surface area contributed by atoms with Gasteiger partial charge in [0.1, 0.15) is 0 Å². The van der Waals surface area contributed by atoms with Gasteiger partial charge in [-0.3, -0.25) is 4.98 Å². The minimum atomic E-state index is 0. The van der Waals surface area contributed by atoms with E-state index in [-0.39, 0.29) is 16.8 Å². The maximum Gasteiger partial charge on any atom is 0.0893 e. The fourth-order valence-corrected chi connectivity index (χ4v) is 1.91. The zero-order valence-corrected chi connectivity index (χ0v) is 10.7. The average molecular weight is 279 g/mol. The van der Waals surface area contributed by atoms with Crippen molar-refractivity contribution in [1.82, 2.24) is 9.97 Å². The zero-order valence-electron chi connectivity index (χ0n) is 9.71. The van der Waals surface area contributed by atoms with Crippen LogP contribution in [0, 0.1) is 0 Å². The molecule has 2 heterocycles. The summed E-state index contributed by atoms with van der Waals surface area (Å²) in [7, 11) is 0. The molecule has 0 N–H and O–H groups in total. The Morgan fingerprint density at radius 1 is 0.889 bits per heavy atom. The van der Waals surface area contributed by atoms with Crippen molar-refractivity contribution in [2.24, 2.45) is 0 Å². The Hall–Kier alpha value is -1.71. The Morgan fingerprint density at radius 2 is 1.72 bits per heavy atom. The minimum absolute atomic E-state index is 0. The van der Waals surface area contributed by atoms with Gasteiger partial charge in [-0.2, -0.15) is 0 Å². The van der Waals surface area contributed by atoms with E-state index in [0.717, 1.165) is 23.5 Å². The summed E-state index contributed by atoms with van der Waals surface area (Å²) >= 11 is 0. The van der Waals surface area contributed by atoms with Crippen LogP contribution in [0.1, 0.15) is 12.1 Å². The number of rotatable bonds is 2. The molecular formula is C15H12CoN2. The van der Waals surface area contributed by atoms with Crippen LogP contribution in [0.4, 0.5) is 0 Å². The largest absolute Gasteiger partial charge is 0.255 e. The standard InChI is InChI=1S/C15H12N2.Co/c1-2-7-12(6-1)13-9-5-10-15(17-13)14-8-3-4-11-16-14;/h1-6,8-11H,7H2;. The van der Waals surface area contributed by atoms with Crippen LogP contribution in [0.15, 0.2) is 60.8 Å². The van der Waals surface area contributed by atoms with Crippen molar-refractivity contribution in [1.29, 1.82) is 0 Å². The molecule has 2 aromatic rings. The van der Waals surface area contributed by atoms with E-state index in [1.54, 1.807) is 6.20 Å². The quantitative estimate of drug-likeness (QED) is 0.841. The van der Waals surface area contributed by atoms with Gasteiger partial charge in [-0.15, -0.1) is 0 Å². The molecule has 0 spiro atoms. The van der Waals surface area contributed by atoms with Gasteiger partial charge < -0.3 is 0 Å². The van der Waals surface area contributed by atoms with Gasteiger partial charge in [-0.05, 0) is 36.3 Å². The first-order chi connectivity index (χ1) is 8.43. The molecule has 3 heteroatoms. The van der Waals surface area contributed by atoms with Crippen molar-refractivity contribution >= 4 is 5.57 Å². The zero-order chi connectivity index (χ0) is 11.5. The van der Waals surface area contributed by atoms with Gasteiger partial charge in [0.05, 0.1) is 17.1 Å². The first-order valence-electron chi connectivity index (χ1n) is 5.68. The second-order valence-corrected chi connectivity index (χ2v) is 3.95. The first-order valence-corrected chi connectivity index (χ1v) is 5.68. The predicted octanol–water partition coefficient (Wildman–Crippen LogP) is 3.48. The third-order valence-corrected chi connectivity index (χ3v) is 2.78. The summed E-state index contributed by atoms with van der Waals surface area (Å²) in [5.74, 6) is 0. The molecule has 0 aromatic carbocycles. The van der Waals surface area contributed by atoms with Crippen molar-refractivity contribution in [2.45, 2.75) is 6.42 Å². The Balaban J connectivity index is 0.00000120. The number of allylic oxidation sites excluding steroid dienone is 4. The van der Waals surface area contributed by atoms with E-state index in [1.807, 2.05) is 36.4 Å². The van der Waals surface area contributed by atoms with Crippen LogP contribution in [-0.4, -0.2) is 9.97 Å². The smallest absolute Gasteiger partial charge is 0.0893 e. The number of hydrogen-bond donors (Lipinski definition) is 0. The van der Waals surface area contributed by atoms with Gasteiger partial charge in [0.25, 0.3) is 0 Å². The minimum Gasteiger partial charge on any atom is -0.255 e. The van der Waals surface area contributed by atoms with Crippen molar-refractivity contribution in [3.8, 4) is 11.4 Å². The van der Waals surface area contributed by atoms with E-state index in [2.05, 4.69) is 28.2 Å². The SMILES string of the molecule is C1=CCC(c2cccc(-c3ccccn3)n2)=C1.[Co]. The average Bonchev–Trinajstić information content (AvgIpc) is 2.94. The molecule has 1 aliphatic carbocycles. The van der Waals surface area contributed by atoms with Gasteiger partial charge in [0.2, 0.25) is 0 Å². The number of aromatic nitrogens is 2. The second-order valence-electron chi connectivity index (χ2n) is 3.95. The molecule has 0 aliphatic heterocycles. The van der Waals surface area contributed by atoms with Crippen LogP contribution < -0.4 is 0 Å². The molecule has 0 amide bonds. The number of pyridine rings is 2. The molecule has 0 saturated heterocycles.